The lowest BCUT2D eigenvalue weighted by atomic mass is 9.46. The molecule has 0 spiro atoms. The fraction of sp³-hybridized carbons (Fsp3) is 0.789. The van der Waals surface area contributed by atoms with Gasteiger partial charge in [0.15, 0.2) is 0 Å². The van der Waals surface area contributed by atoms with Crippen molar-refractivity contribution in [3.63, 3.8) is 0 Å². The number of carbonyl (C=O) groups excluding carboxylic acids is 2. The molecule has 4 fully saturated rings. The summed E-state index contributed by atoms with van der Waals surface area (Å²) in [6, 6.07) is 0. The van der Waals surface area contributed by atoms with Gasteiger partial charge in [-0.1, -0.05) is 20.4 Å². The Morgan fingerprint density at radius 3 is 2.08 bits per heavy atom. The van der Waals surface area contributed by atoms with Crippen LogP contribution in [0.5, 0.6) is 0 Å². The summed E-state index contributed by atoms with van der Waals surface area (Å²) in [6.07, 6.45) is 0.267. The Bertz CT molecular complexity index is 582. The molecule has 6 heteroatoms. The molecule has 4 rings (SSSR count). The average Bonchev–Trinajstić information content (AvgIpc) is 2.49. The summed E-state index contributed by atoms with van der Waals surface area (Å²) in [4.78, 5) is 23.8. The van der Waals surface area contributed by atoms with Crippen molar-refractivity contribution in [2.45, 2.75) is 70.5 Å². The minimum Gasteiger partial charge on any atom is -0.455 e. The van der Waals surface area contributed by atoms with Crippen LogP contribution in [0.15, 0.2) is 12.2 Å². The van der Waals surface area contributed by atoms with E-state index in [0.29, 0.717) is 30.8 Å². The van der Waals surface area contributed by atoms with Gasteiger partial charge in [0.1, 0.15) is 11.2 Å². The molecule has 4 aliphatic carbocycles. The van der Waals surface area contributed by atoms with Crippen LogP contribution in [-0.4, -0.2) is 29.6 Å². The number of hydrogen-bond donors (Lipinski definition) is 0. The van der Waals surface area contributed by atoms with E-state index in [1.165, 1.54) is 0 Å². The van der Waals surface area contributed by atoms with Gasteiger partial charge in [-0.15, -0.1) is 0 Å². The Kier molecular flexibility index (Phi) is 4.44. The second-order valence-electron chi connectivity index (χ2n) is 8.43. The number of rotatable bonds is 5. The highest BCUT2D eigenvalue weighted by atomic mass is 19.3. The van der Waals surface area contributed by atoms with E-state index in [9.17, 15) is 18.4 Å². The van der Waals surface area contributed by atoms with Crippen LogP contribution in [0.1, 0.15) is 52.9 Å². The Balaban J connectivity index is 1.90. The first kappa shape index (κ1) is 18.3. The van der Waals surface area contributed by atoms with E-state index in [1.54, 1.807) is 6.92 Å². The van der Waals surface area contributed by atoms with E-state index in [-0.39, 0.29) is 17.8 Å². The highest BCUT2D eigenvalue weighted by Gasteiger charge is 2.66. The van der Waals surface area contributed by atoms with Crippen molar-refractivity contribution in [2.24, 2.45) is 23.7 Å². The van der Waals surface area contributed by atoms with Gasteiger partial charge in [-0.05, 0) is 50.9 Å². The molecule has 0 saturated heterocycles. The van der Waals surface area contributed by atoms with Crippen molar-refractivity contribution >= 4 is 11.9 Å². The van der Waals surface area contributed by atoms with Crippen LogP contribution in [0.4, 0.5) is 8.78 Å². The largest absolute Gasteiger partial charge is 0.455 e. The normalized spacial score (nSPS) is 38.9. The van der Waals surface area contributed by atoms with E-state index < -0.39 is 29.6 Å². The number of alkyl halides is 2. The molecule has 4 nitrogen and oxygen atoms in total. The van der Waals surface area contributed by atoms with Crippen molar-refractivity contribution in [3.05, 3.63) is 12.2 Å². The monoisotopic (exact) mass is 356 g/mol. The maximum absolute atomic E-state index is 12.7. The first-order chi connectivity index (χ1) is 11.6. The topological polar surface area (TPSA) is 52.6 Å². The minimum absolute atomic E-state index is 0.0209. The molecule has 140 valence electrons. The van der Waals surface area contributed by atoms with Crippen LogP contribution in [0, 0.1) is 23.7 Å². The standard InChI is InChI=1S/C19H26F2O4/c1-10(2)16(22)25-19(11(3)4)13-5-12-6-14(19)9-18(7-12,8-13)24-17(23)15(20)21/h11-15H,1,5-9H2,2-4H3. The quantitative estimate of drug-likeness (QED) is 0.554. The Hall–Kier alpha value is -1.46. The van der Waals surface area contributed by atoms with Gasteiger partial charge in [-0.3, -0.25) is 0 Å². The van der Waals surface area contributed by atoms with E-state index in [2.05, 4.69) is 6.58 Å². The number of halogens is 2. The summed E-state index contributed by atoms with van der Waals surface area (Å²) in [6.45, 7) is 9.36. The predicted molar refractivity (Wildman–Crippen MR) is 86.9 cm³/mol. The van der Waals surface area contributed by atoms with Gasteiger partial charge < -0.3 is 9.47 Å². The van der Waals surface area contributed by atoms with Crippen molar-refractivity contribution in [1.82, 2.24) is 0 Å². The zero-order chi connectivity index (χ0) is 18.6. The summed E-state index contributed by atoms with van der Waals surface area (Å²) in [7, 11) is 0. The average molecular weight is 356 g/mol. The Morgan fingerprint density at radius 1 is 1.08 bits per heavy atom. The Labute approximate surface area is 146 Å². The van der Waals surface area contributed by atoms with Crippen LogP contribution in [0.2, 0.25) is 0 Å². The molecular weight excluding hydrogens is 330 g/mol. The van der Waals surface area contributed by atoms with Gasteiger partial charge in [-0.2, -0.15) is 8.78 Å². The second kappa shape index (κ2) is 6.06. The SMILES string of the molecule is C=C(C)C(=O)OC1(C(C)C)C2CC3CC1CC(OC(=O)C(F)F)(C3)C2. The molecule has 0 aromatic carbocycles. The summed E-state index contributed by atoms with van der Waals surface area (Å²) >= 11 is 0. The first-order valence-corrected chi connectivity index (χ1v) is 8.99. The third-order valence-corrected chi connectivity index (χ3v) is 6.42. The van der Waals surface area contributed by atoms with E-state index in [1.807, 2.05) is 13.8 Å². The van der Waals surface area contributed by atoms with Gasteiger partial charge in [0, 0.05) is 17.4 Å². The highest BCUT2D eigenvalue weighted by molar-refractivity contribution is 5.87. The summed E-state index contributed by atoms with van der Waals surface area (Å²) < 4.78 is 36.7. The molecule has 2 unspecified atom stereocenters. The van der Waals surface area contributed by atoms with Crippen molar-refractivity contribution in [3.8, 4) is 0 Å². The molecule has 0 N–H and O–H groups in total. The van der Waals surface area contributed by atoms with Crippen LogP contribution < -0.4 is 0 Å². The smallest absolute Gasteiger partial charge is 0.374 e. The van der Waals surface area contributed by atoms with E-state index in [4.69, 9.17) is 9.47 Å². The summed E-state index contributed by atoms with van der Waals surface area (Å²) in [5.41, 5.74) is -1.10. The maximum Gasteiger partial charge on any atom is 0.374 e. The number of carbonyl (C=O) groups is 2. The van der Waals surface area contributed by atoms with E-state index >= 15 is 0 Å². The van der Waals surface area contributed by atoms with Gasteiger partial charge in [0.25, 0.3) is 0 Å². The fourth-order valence-electron chi connectivity index (χ4n) is 5.79. The number of ether oxygens (including phenoxy) is 2. The third kappa shape index (κ3) is 2.87. The fourth-order valence-corrected chi connectivity index (χ4v) is 5.79. The first-order valence-electron chi connectivity index (χ1n) is 8.99. The maximum atomic E-state index is 12.7. The van der Waals surface area contributed by atoms with Crippen LogP contribution in [0.25, 0.3) is 0 Å². The van der Waals surface area contributed by atoms with Crippen molar-refractivity contribution in [2.75, 3.05) is 0 Å². The van der Waals surface area contributed by atoms with Gasteiger partial charge in [0.2, 0.25) is 0 Å². The molecular formula is C19H26F2O4. The van der Waals surface area contributed by atoms with Crippen molar-refractivity contribution in [1.29, 1.82) is 0 Å². The molecule has 0 aliphatic heterocycles. The lowest BCUT2D eigenvalue weighted by Crippen LogP contribution is -2.67. The van der Waals surface area contributed by atoms with E-state index in [0.717, 1.165) is 12.8 Å². The highest BCUT2D eigenvalue weighted by Crippen LogP contribution is 2.64. The number of esters is 2. The molecule has 0 radical (unpaired) electrons. The minimum atomic E-state index is -3.11. The zero-order valence-electron chi connectivity index (χ0n) is 15.0. The van der Waals surface area contributed by atoms with Crippen LogP contribution in [-0.2, 0) is 19.1 Å². The van der Waals surface area contributed by atoms with Gasteiger partial charge in [0.05, 0.1) is 0 Å². The summed E-state index contributed by atoms with van der Waals surface area (Å²) in [5.74, 6) is -1.37. The molecule has 4 saturated carbocycles. The molecule has 4 aliphatic rings. The molecule has 2 atom stereocenters. The number of hydrogen-bond acceptors (Lipinski definition) is 4. The third-order valence-electron chi connectivity index (χ3n) is 6.42. The zero-order valence-corrected chi connectivity index (χ0v) is 15.0. The second-order valence-corrected chi connectivity index (χ2v) is 8.43. The predicted octanol–water partition coefficient (Wildman–Crippen LogP) is 3.89. The molecule has 0 aromatic heterocycles. The summed E-state index contributed by atoms with van der Waals surface area (Å²) in [5, 5.41) is 0. The van der Waals surface area contributed by atoms with Gasteiger partial charge in [-0.25, -0.2) is 9.59 Å². The molecule has 25 heavy (non-hydrogen) atoms. The van der Waals surface area contributed by atoms with Crippen LogP contribution >= 0.6 is 0 Å². The molecule has 0 amide bonds. The van der Waals surface area contributed by atoms with Crippen molar-refractivity contribution < 1.29 is 27.8 Å². The molecule has 0 aromatic rings. The van der Waals surface area contributed by atoms with Crippen LogP contribution in [0.3, 0.4) is 0 Å². The lowest BCUT2D eigenvalue weighted by molar-refractivity contribution is -0.262. The molecule has 0 heterocycles. The lowest BCUT2D eigenvalue weighted by Gasteiger charge is -2.64. The molecule has 4 bridgehead atoms. The Morgan fingerprint density at radius 2 is 1.64 bits per heavy atom. The van der Waals surface area contributed by atoms with Gasteiger partial charge >= 0.3 is 18.4 Å².